The number of carbonyl (C=O) groups excluding carboxylic acids is 3. The fourth-order valence-electron chi connectivity index (χ4n) is 3.75. The van der Waals surface area contributed by atoms with Gasteiger partial charge in [-0.1, -0.05) is 60.7 Å². The normalized spacial score (nSPS) is 18.0. The molecule has 3 rings (SSSR count). The highest BCUT2D eigenvalue weighted by molar-refractivity contribution is 6.62. The predicted octanol–water partition coefficient (Wildman–Crippen LogP) is 5.29. The average Bonchev–Trinajstić information content (AvgIpc) is 2.82. The Morgan fingerprint density at radius 3 is 2.06 bits per heavy atom. The van der Waals surface area contributed by atoms with Crippen LogP contribution < -0.4 is 0 Å². The summed E-state index contributed by atoms with van der Waals surface area (Å²) < 4.78 is 11.0. The minimum absolute atomic E-state index is 0.00721. The summed E-state index contributed by atoms with van der Waals surface area (Å²) in [6.07, 6.45) is -0.0289. The molecule has 0 saturated carbocycles. The highest BCUT2D eigenvalue weighted by Crippen LogP contribution is 2.26. The van der Waals surface area contributed by atoms with Crippen molar-refractivity contribution >= 4 is 29.0 Å². The number of likely N-dealkylation sites (tertiary alicyclic amines) is 1. The Hall–Kier alpha value is -3.10. The maximum absolute atomic E-state index is 13.0. The van der Waals surface area contributed by atoms with Gasteiger partial charge in [0.15, 0.2) is 0 Å². The third-order valence-electron chi connectivity index (χ3n) is 5.40. The summed E-state index contributed by atoms with van der Waals surface area (Å²) >= 11 is 5.83. The van der Waals surface area contributed by atoms with Crippen molar-refractivity contribution in [3.05, 3.63) is 71.8 Å². The minimum atomic E-state index is -0.855. The highest BCUT2D eigenvalue weighted by atomic mass is 35.5. The van der Waals surface area contributed by atoms with E-state index in [-0.39, 0.29) is 26.2 Å². The van der Waals surface area contributed by atoms with E-state index in [1.807, 2.05) is 60.7 Å². The summed E-state index contributed by atoms with van der Waals surface area (Å²) in [7, 11) is 0. The Bertz CT molecular complexity index is 996. The van der Waals surface area contributed by atoms with Crippen molar-refractivity contribution in [3.8, 4) is 0 Å². The summed E-state index contributed by atoms with van der Waals surface area (Å²) in [6, 6.07) is 17.2. The van der Waals surface area contributed by atoms with E-state index in [1.165, 1.54) is 4.90 Å². The summed E-state index contributed by atoms with van der Waals surface area (Å²) in [5.74, 6) is -0.535. The molecule has 1 aliphatic heterocycles. The Morgan fingerprint density at radius 2 is 1.51 bits per heavy atom. The first-order valence-electron chi connectivity index (χ1n) is 11.5. The van der Waals surface area contributed by atoms with Crippen molar-refractivity contribution in [3.63, 3.8) is 0 Å². The molecule has 0 spiro atoms. The number of amides is 2. The predicted molar refractivity (Wildman–Crippen MR) is 130 cm³/mol. The maximum atomic E-state index is 13.0. The van der Waals surface area contributed by atoms with Crippen molar-refractivity contribution in [2.75, 3.05) is 6.54 Å². The SMILES string of the molecule is CC(C)(C)OC(=O)N1C[C@H](N(OCc2ccccc2)C(=O)Cl)CC[C@H]1C(=O)OCc1ccccc1. The van der Waals surface area contributed by atoms with E-state index >= 15 is 0 Å². The van der Waals surface area contributed by atoms with Gasteiger partial charge >= 0.3 is 17.4 Å². The second-order valence-electron chi connectivity index (χ2n) is 9.31. The average molecular weight is 503 g/mol. The Morgan fingerprint density at radius 1 is 0.943 bits per heavy atom. The molecule has 35 heavy (non-hydrogen) atoms. The molecule has 1 aliphatic rings. The summed E-state index contributed by atoms with van der Waals surface area (Å²) in [6.45, 7) is 5.46. The molecule has 0 aromatic heterocycles. The molecule has 0 bridgehead atoms. The van der Waals surface area contributed by atoms with Crippen molar-refractivity contribution in [2.45, 2.75) is 64.5 Å². The van der Waals surface area contributed by atoms with Crippen LogP contribution in [0.4, 0.5) is 9.59 Å². The topological polar surface area (TPSA) is 85.4 Å². The molecule has 1 saturated heterocycles. The number of halogens is 1. The lowest BCUT2D eigenvalue weighted by Crippen LogP contribution is -2.57. The molecule has 0 N–H and O–H groups in total. The summed E-state index contributed by atoms with van der Waals surface area (Å²) in [4.78, 5) is 45.2. The first kappa shape index (κ1) is 26.5. The Labute approximate surface area is 210 Å². The minimum Gasteiger partial charge on any atom is -0.459 e. The van der Waals surface area contributed by atoms with Crippen LogP contribution in [0.15, 0.2) is 60.7 Å². The zero-order valence-electron chi connectivity index (χ0n) is 20.2. The molecule has 8 nitrogen and oxygen atoms in total. The zero-order chi connectivity index (χ0) is 25.4. The molecule has 2 atom stereocenters. The van der Waals surface area contributed by atoms with E-state index in [4.69, 9.17) is 25.9 Å². The lowest BCUT2D eigenvalue weighted by Gasteiger charge is -2.41. The first-order chi connectivity index (χ1) is 16.6. The van der Waals surface area contributed by atoms with Crippen LogP contribution in [0.5, 0.6) is 0 Å². The van der Waals surface area contributed by atoms with Gasteiger partial charge in [-0.2, -0.15) is 0 Å². The molecule has 1 fully saturated rings. The van der Waals surface area contributed by atoms with E-state index < -0.39 is 35.1 Å². The van der Waals surface area contributed by atoms with Gasteiger partial charge in [0, 0.05) is 6.54 Å². The Kier molecular flexibility index (Phi) is 9.12. The van der Waals surface area contributed by atoms with Crippen LogP contribution in [0.2, 0.25) is 0 Å². The second kappa shape index (κ2) is 12.0. The number of ether oxygens (including phenoxy) is 2. The van der Waals surface area contributed by atoms with E-state index in [0.29, 0.717) is 6.42 Å². The zero-order valence-corrected chi connectivity index (χ0v) is 20.9. The maximum Gasteiger partial charge on any atom is 0.411 e. The smallest absolute Gasteiger partial charge is 0.411 e. The third-order valence-corrected chi connectivity index (χ3v) is 5.57. The van der Waals surface area contributed by atoms with Crippen LogP contribution >= 0.6 is 11.6 Å². The van der Waals surface area contributed by atoms with Crippen LogP contribution in [0, 0.1) is 0 Å². The fourth-order valence-corrected chi connectivity index (χ4v) is 3.94. The molecule has 9 heteroatoms. The van der Waals surface area contributed by atoms with Crippen molar-refractivity contribution in [2.24, 2.45) is 0 Å². The van der Waals surface area contributed by atoms with Gasteiger partial charge in [0.25, 0.3) is 0 Å². The summed E-state index contributed by atoms with van der Waals surface area (Å²) in [5, 5.41) is 0.262. The monoisotopic (exact) mass is 502 g/mol. The number of carbonyl (C=O) groups is 3. The number of nitrogens with zero attached hydrogens (tertiary/aromatic N) is 2. The molecule has 2 aromatic carbocycles. The lowest BCUT2D eigenvalue weighted by atomic mass is 9.98. The van der Waals surface area contributed by atoms with E-state index in [2.05, 4.69) is 0 Å². The molecule has 2 amide bonds. The van der Waals surface area contributed by atoms with Gasteiger partial charge in [-0.3, -0.25) is 14.5 Å². The molecule has 188 valence electrons. The largest absolute Gasteiger partial charge is 0.459 e. The number of piperidine rings is 1. The van der Waals surface area contributed by atoms with Crippen LogP contribution in [0.3, 0.4) is 0 Å². The van der Waals surface area contributed by atoms with Gasteiger partial charge in [-0.15, -0.1) is 0 Å². The number of benzene rings is 2. The summed E-state index contributed by atoms with van der Waals surface area (Å²) in [5.41, 5.74) is 0.929. The van der Waals surface area contributed by atoms with Crippen molar-refractivity contribution in [1.82, 2.24) is 9.96 Å². The lowest BCUT2D eigenvalue weighted by molar-refractivity contribution is -0.169. The van der Waals surface area contributed by atoms with E-state index in [9.17, 15) is 14.4 Å². The van der Waals surface area contributed by atoms with E-state index in [1.54, 1.807) is 20.8 Å². The first-order valence-corrected chi connectivity index (χ1v) is 11.9. The molecule has 2 aromatic rings. The number of hydrogen-bond donors (Lipinski definition) is 0. The molecule has 0 unspecified atom stereocenters. The van der Waals surface area contributed by atoms with Gasteiger partial charge < -0.3 is 9.47 Å². The molecule has 1 heterocycles. The Balaban J connectivity index is 1.72. The van der Waals surface area contributed by atoms with Gasteiger partial charge in [0.2, 0.25) is 0 Å². The van der Waals surface area contributed by atoms with Crippen LogP contribution in [0.1, 0.15) is 44.7 Å². The number of hydroxylamine groups is 2. The van der Waals surface area contributed by atoms with Crippen LogP contribution in [0.25, 0.3) is 0 Å². The highest BCUT2D eigenvalue weighted by Gasteiger charge is 2.42. The van der Waals surface area contributed by atoms with E-state index in [0.717, 1.165) is 16.2 Å². The van der Waals surface area contributed by atoms with Gasteiger partial charge in [0.05, 0.1) is 6.04 Å². The number of rotatable bonds is 7. The standard InChI is InChI=1S/C26H31ClN2O6/c1-26(2,3)35-25(32)28-16-21(29(24(27)31)34-18-20-12-8-5-9-13-20)14-15-22(28)23(30)33-17-19-10-6-4-7-11-19/h4-13,21-22H,14-18H2,1-3H3/t21-,22+/m1/s1. The molecular formula is C26H31ClN2O6. The van der Waals surface area contributed by atoms with Crippen molar-refractivity contribution < 1.29 is 28.7 Å². The number of esters is 1. The third kappa shape index (κ3) is 7.97. The molecular weight excluding hydrogens is 472 g/mol. The van der Waals surface area contributed by atoms with Crippen LogP contribution in [-0.4, -0.2) is 51.6 Å². The molecule has 0 aliphatic carbocycles. The van der Waals surface area contributed by atoms with Crippen LogP contribution in [-0.2, 0) is 32.3 Å². The van der Waals surface area contributed by atoms with Gasteiger partial charge in [0.1, 0.15) is 24.9 Å². The van der Waals surface area contributed by atoms with Gasteiger partial charge in [-0.05, 0) is 56.3 Å². The van der Waals surface area contributed by atoms with Gasteiger partial charge in [-0.25, -0.2) is 14.7 Å². The van der Waals surface area contributed by atoms with Crippen molar-refractivity contribution in [1.29, 1.82) is 0 Å². The molecule has 0 radical (unpaired) electrons. The second-order valence-corrected chi connectivity index (χ2v) is 9.63. The fraction of sp³-hybridized carbons (Fsp3) is 0.423. The quantitative estimate of drug-likeness (QED) is 0.221. The number of hydrogen-bond acceptors (Lipinski definition) is 6.